The van der Waals surface area contributed by atoms with E-state index in [1.165, 1.54) is 0 Å². The number of carboxylic acids is 1. The van der Waals surface area contributed by atoms with Crippen LogP contribution >= 0.6 is 12.6 Å². The van der Waals surface area contributed by atoms with Crippen molar-refractivity contribution in [1.82, 2.24) is 5.32 Å². The van der Waals surface area contributed by atoms with Gasteiger partial charge in [-0.25, -0.2) is 9.59 Å². The zero-order valence-corrected chi connectivity index (χ0v) is 7.51. The molecule has 0 aliphatic carbocycles. The second-order valence-electron chi connectivity index (χ2n) is 1.94. The maximum atomic E-state index is 10.7. The lowest BCUT2D eigenvalue weighted by Crippen LogP contribution is -2.42. The largest absolute Gasteiger partial charge is 0.480 e. The maximum absolute atomic E-state index is 10.7. The summed E-state index contributed by atoms with van der Waals surface area (Å²) in [4.78, 5) is 21.0. The Balaban J connectivity index is 3.85. The number of aliphatic carboxylic acids is 1. The molecule has 1 amide bonds. The van der Waals surface area contributed by atoms with Crippen LogP contribution in [-0.4, -0.2) is 35.6 Å². The van der Waals surface area contributed by atoms with Crippen LogP contribution in [0.5, 0.6) is 0 Å². The zero-order valence-electron chi connectivity index (χ0n) is 6.61. The summed E-state index contributed by atoms with van der Waals surface area (Å²) in [6.45, 7) is 1.85. The molecule has 12 heavy (non-hydrogen) atoms. The molecule has 6 heteroatoms. The summed E-state index contributed by atoms with van der Waals surface area (Å²) in [5.41, 5.74) is 0. The van der Waals surface area contributed by atoms with Crippen molar-refractivity contribution in [2.75, 3.05) is 12.4 Å². The Morgan fingerprint density at radius 1 is 1.67 bits per heavy atom. The highest BCUT2D eigenvalue weighted by atomic mass is 32.1. The van der Waals surface area contributed by atoms with Crippen LogP contribution in [0.2, 0.25) is 0 Å². The van der Waals surface area contributed by atoms with Crippen molar-refractivity contribution < 1.29 is 19.4 Å². The second-order valence-corrected chi connectivity index (χ2v) is 2.30. The van der Waals surface area contributed by atoms with E-state index in [0.29, 0.717) is 0 Å². The van der Waals surface area contributed by atoms with Crippen molar-refractivity contribution >= 4 is 24.7 Å². The van der Waals surface area contributed by atoms with Crippen LogP contribution in [0.3, 0.4) is 0 Å². The molecule has 0 aromatic rings. The Hall–Kier alpha value is -0.910. The Kier molecular flexibility index (Phi) is 5.27. The maximum Gasteiger partial charge on any atom is 0.407 e. The topological polar surface area (TPSA) is 75.6 Å². The number of alkyl carbamates (subject to hydrolysis) is 1. The Morgan fingerprint density at radius 2 is 2.25 bits per heavy atom. The molecule has 5 nitrogen and oxygen atoms in total. The number of carbonyl (C=O) groups excluding carboxylic acids is 1. The van der Waals surface area contributed by atoms with Gasteiger partial charge in [0, 0.05) is 5.75 Å². The summed E-state index contributed by atoms with van der Waals surface area (Å²) in [5, 5.41) is 10.6. The summed E-state index contributed by atoms with van der Waals surface area (Å²) in [6.07, 6.45) is -0.737. The molecule has 0 spiro atoms. The molecule has 1 unspecified atom stereocenters. The van der Waals surface area contributed by atoms with E-state index in [-0.39, 0.29) is 12.4 Å². The molecule has 0 saturated heterocycles. The van der Waals surface area contributed by atoms with E-state index in [4.69, 9.17) is 5.11 Å². The monoisotopic (exact) mass is 193 g/mol. The lowest BCUT2D eigenvalue weighted by atomic mass is 10.3. The first-order valence-corrected chi connectivity index (χ1v) is 4.02. The average Bonchev–Trinajstić information content (AvgIpc) is 2.00. The summed E-state index contributed by atoms with van der Waals surface area (Å²) in [6, 6.07) is -0.993. The van der Waals surface area contributed by atoms with Gasteiger partial charge in [0.25, 0.3) is 0 Å². The Morgan fingerprint density at radius 3 is 2.58 bits per heavy atom. The fourth-order valence-electron chi connectivity index (χ4n) is 0.500. The fraction of sp³-hybridized carbons (Fsp3) is 0.667. The SMILES string of the molecule is CCOC(=O)NC(CS)C(=O)O. The third kappa shape index (κ3) is 4.07. The van der Waals surface area contributed by atoms with Gasteiger partial charge < -0.3 is 15.2 Å². The third-order valence-electron chi connectivity index (χ3n) is 1.05. The molecule has 0 rings (SSSR count). The van der Waals surface area contributed by atoms with Gasteiger partial charge in [0.2, 0.25) is 0 Å². The molecule has 1 atom stereocenters. The number of nitrogens with one attached hydrogen (secondary N) is 1. The Bertz CT molecular complexity index is 173. The van der Waals surface area contributed by atoms with Crippen LogP contribution in [0.1, 0.15) is 6.92 Å². The normalized spacial score (nSPS) is 11.8. The first kappa shape index (κ1) is 11.1. The summed E-state index contributed by atoms with van der Waals surface area (Å²) >= 11 is 3.75. The van der Waals surface area contributed by atoms with Crippen LogP contribution < -0.4 is 5.32 Å². The van der Waals surface area contributed by atoms with E-state index in [9.17, 15) is 9.59 Å². The quantitative estimate of drug-likeness (QED) is 0.554. The van der Waals surface area contributed by atoms with Crippen molar-refractivity contribution in [3.8, 4) is 0 Å². The smallest absolute Gasteiger partial charge is 0.407 e. The standard InChI is InChI=1S/C6H11NO4S/c1-2-11-6(10)7-4(3-12)5(8)9/h4,12H,2-3H2,1H3,(H,7,10)(H,8,9). The molecule has 0 aromatic heterocycles. The van der Waals surface area contributed by atoms with Crippen molar-refractivity contribution in [2.45, 2.75) is 13.0 Å². The minimum Gasteiger partial charge on any atom is -0.480 e. The van der Waals surface area contributed by atoms with Gasteiger partial charge in [0.05, 0.1) is 6.61 Å². The molecule has 0 fully saturated rings. The molecule has 0 heterocycles. The lowest BCUT2D eigenvalue weighted by Gasteiger charge is -2.10. The zero-order chi connectivity index (χ0) is 9.56. The highest BCUT2D eigenvalue weighted by Gasteiger charge is 2.17. The molecular formula is C6H11NO4S. The van der Waals surface area contributed by atoms with Crippen LogP contribution in [-0.2, 0) is 9.53 Å². The van der Waals surface area contributed by atoms with Gasteiger partial charge in [0.15, 0.2) is 0 Å². The van der Waals surface area contributed by atoms with Gasteiger partial charge in [-0.3, -0.25) is 0 Å². The van der Waals surface area contributed by atoms with Gasteiger partial charge in [-0.15, -0.1) is 0 Å². The number of carbonyl (C=O) groups is 2. The molecule has 0 bridgehead atoms. The predicted molar refractivity (Wildman–Crippen MR) is 45.4 cm³/mol. The molecular weight excluding hydrogens is 182 g/mol. The van der Waals surface area contributed by atoms with Crippen LogP contribution in [0.25, 0.3) is 0 Å². The third-order valence-corrected chi connectivity index (χ3v) is 1.41. The van der Waals surface area contributed by atoms with Gasteiger partial charge in [-0.05, 0) is 6.92 Å². The minimum atomic E-state index is -1.13. The van der Waals surface area contributed by atoms with E-state index in [0.717, 1.165) is 0 Å². The molecule has 0 radical (unpaired) electrons. The van der Waals surface area contributed by atoms with E-state index in [2.05, 4.69) is 22.7 Å². The molecule has 0 aliphatic rings. The number of amides is 1. The fourth-order valence-corrected chi connectivity index (χ4v) is 0.748. The van der Waals surface area contributed by atoms with E-state index in [1.54, 1.807) is 6.92 Å². The summed E-state index contributed by atoms with van der Waals surface area (Å²) in [7, 11) is 0. The van der Waals surface area contributed by atoms with Gasteiger partial charge in [0.1, 0.15) is 6.04 Å². The van der Waals surface area contributed by atoms with Gasteiger partial charge in [-0.1, -0.05) is 0 Å². The first-order valence-electron chi connectivity index (χ1n) is 3.38. The van der Waals surface area contributed by atoms with Gasteiger partial charge >= 0.3 is 12.1 Å². The summed E-state index contributed by atoms with van der Waals surface area (Å²) in [5.74, 6) is -1.09. The minimum absolute atomic E-state index is 0.0359. The van der Waals surface area contributed by atoms with Gasteiger partial charge in [-0.2, -0.15) is 12.6 Å². The second kappa shape index (κ2) is 5.70. The number of carboxylic acid groups (broad SMARTS) is 1. The highest BCUT2D eigenvalue weighted by molar-refractivity contribution is 7.80. The molecule has 0 aliphatic heterocycles. The predicted octanol–water partition coefficient (Wildman–Crippen LogP) is 0.115. The first-order chi connectivity index (χ1) is 5.61. The summed E-state index contributed by atoms with van der Waals surface area (Å²) < 4.78 is 4.48. The van der Waals surface area contributed by atoms with E-state index < -0.39 is 18.1 Å². The Labute approximate surface area is 75.5 Å². The number of rotatable bonds is 4. The number of hydrogen-bond acceptors (Lipinski definition) is 4. The molecule has 70 valence electrons. The van der Waals surface area contributed by atoms with Crippen molar-refractivity contribution in [1.29, 1.82) is 0 Å². The van der Waals surface area contributed by atoms with Crippen LogP contribution in [0, 0.1) is 0 Å². The van der Waals surface area contributed by atoms with E-state index in [1.807, 2.05) is 0 Å². The molecule has 0 aromatic carbocycles. The lowest BCUT2D eigenvalue weighted by molar-refractivity contribution is -0.138. The molecule has 2 N–H and O–H groups in total. The molecule has 0 saturated carbocycles. The number of ether oxygens (including phenoxy) is 1. The van der Waals surface area contributed by atoms with E-state index >= 15 is 0 Å². The number of hydrogen-bond donors (Lipinski definition) is 3. The number of thiol groups is 1. The van der Waals surface area contributed by atoms with Crippen molar-refractivity contribution in [3.63, 3.8) is 0 Å². The van der Waals surface area contributed by atoms with Crippen LogP contribution in [0.15, 0.2) is 0 Å². The van der Waals surface area contributed by atoms with Crippen molar-refractivity contribution in [3.05, 3.63) is 0 Å². The van der Waals surface area contributed by atoms with Crippen molar-refractivity contribution in [2.24, 2.45) is 0 Å². The van der Waals surface area contributed by atoms with Crippen LogP contribution in [0.4, 0.5) is 4.79 Å². The highest BCUT2D eigenvalue weighted by Crippen LogP contribution is 1.89. The average molecular weight is 193 g/mol.